The number of hydrogen-bond donors (Lipinski definition) is 0. The van der Waals surface area contributed by atoms with Gasteiger partial charge in [0.2, 0.25) is 0 Å². The summed E-state index contributed by atoms with van der Waals surface area (Å²) in [7, 11) is 0. The Morgan fingerprint density at radius 1 is 1.18 bits per heavy atom. The molecule has 1 aliphatic heterocycles. The zero-order valence-corrected chi connectivity index (χ0v) is 19.8. The van der Waals surface area contributed by atoms with Crippen molar-refractivity contribution in [3.8, 4) is 5.82 Å². The van der Waals surface area contributed by atoms with Crippen LogP contribution in [0.2, 0.25) is 5.02 Å². The van der Waals surface area contributed by atoms with E-state index in [1.165, 1.54) is 0 Å². The van der Waals surface area contributed by atoms with Gasteiger partial charge in [-0.25, -0.2) is 15.0 Å². The number of pyridine rings is 1. The van der Waals surface area contributed by atoms with Crippen LogP contribution < -0.4 is 0 Å². The SMILES string of the molecule is CCc1nccn1-c1ccc(C(=O)N2CCC[C@@H](c3ncc(Cc4cccc(Cl)c4)o3)C2)cn1. The number of imidazole rings is 1. The third kappa shape index (κ3) is 4.75. The molecule has 5 rings (SSSR count). The number of benzene rings is 1. The molecule has 3 aromatic heterocycles. The molecule has 1 saturated heterocycles. The molecule has 0 aliphatic carbocycles. The van der Waals surface area contributed by atoms with Crippen molar-refractivity contribution in [2.75, 3.05) is 13.1 Å². The second-order valence-electron chi connectivity index (χ2n) is 8.53. The molecule has 1 amide bonds. The van der Waals surface area contributed by atoms with Crippen molar-refractivity contribution in [3.05, 3.63) is 94.8 Å². The largest absolute Gasteiger partial charge is 0.445 e. The second-order valence-corrected chi connectivity index (χ2v) is 8.97. The summed E-state index contributed by atoms with van der Waals surface area (Å²) in [4.78, 5) is 28.4. The number of nitrogens with zero attached hydrogens (tertiary/aromatic N) is 5. The van der Waals surface area contributed by atoms with Crippen LogP contribution in [-0.4, -0.2) is 43.4 Å². The minimum Gasteiger partial charge on any atom is -0.445 e. The van der Waals surface area contributed by atoms with E-state index in [9.17, 15) is 4.79 Å². The Labute approximate surface area is 203 Å². The smallest absolute Gasteiger partial charge is 0.255 e. The van der Waals surface area contributed by atoms with Crippen molar-refractivity contribution >= 4 is 17.5 Å². The van der Waals surface area contributed by atoms with Gasteiger partial charge in [0, 0.05) is 49.5 Å². The van der Waals surface area contributed by atoms with Crippen molar-refractivity contribution < 1.29 is 9.21 Å². The Morgan fingerprint density at radius 2 is 2.09 bits per heavy atom. The highest BCUT2D eigenvalue weighted by atomic mass is 35.5. The fourth-order valence-electron chi connectivity index (χ4n) is 4.45. The number of aromatic nitrogens is 4. The fraction of sp³-hybridized carbons (Fsp3) is 0.308. The monoisotopic (exact) mass is 475 g/mol. The summed E-state index contributed by atoms with van der Waals surface area (Å²) < 4.78 is 8.01. The molecule has 4 aromatic rings. The van der Waals surface area contributed by atoms with Gasteiger partial charge < -0.3 is 9.32 Å². The molecular weight excluding hydrogens is 450 g/mol. The van der Waals surface area contributed by atoms with E-state index in [4.69, 9.17) is 16.0 Å². The number of halogens is 1. The predicted molar refractivity (Wildman–Crippen MR) is 129 cm³/mol. The molecule has 1 fully saturated rings. The Bertz CT molecular complexity index is 1280. The highest BCUT2D eigenvalue weighted by Crippen LogP contribution is 2.28. The van der Waals surface area contributed by atoms with Crippen LogP contribution in [0, 0.1) is 0 Å². The van der Waals surface area contributed by atoms with Crippen LogP contribution in [0.5, 0.6) is 0 Å². The third-order valence-corrected chi connectivity index (χ3v) is 6.41. The maximum absolute atomic E-state index is 13.2. The molecule has 1 atom stereocenters. The number of carbonyl (C=O) groups is 1. The van der Waals surface area contributed by atoms with E-state index in [1.54, 1.807) is 18.6 Å². The molecule has 0 saturated carbocycles. The lowest BCUT2D eigenvalue weighted by Gasteiger charge is -2.31. The van der Waals surface area contributed by atoms with E-state index < -0.39 is 0 Å². The normalized spacial score (nSPS) is 16.1. The summed E-state index contributed by atoms with van der Waals surface area (Å²) in [6, 6.07) is 11.4. The Hall–Kier alpha value is -3.45. The predicted octanol–water partition coefficient (Wildman–Crippen LogP) is 5.08. The fourth-order valence-corrected chi connectivity index (χ4v) is 4.66. The summed E-state index contributed by atoms with van der Waals surface area (Å²) in [5.74, 6) is 3.24. The van der Waals surface area contributed by atoms with E-state index in [0.29, 0.717) is 36.0 Å². The first-order valence-corrected chi connectivity index (χ1v) is 12.0. The maximum atomic E-state index is 13.2. The number of rotatable bonds is 6. The summed E-state index contributed by atoms with van der Waals surface area (Å²) in [6.07, 6.45) is 10.4. The van der Waals surface area contributed by atoms with Gasteiger partial charge in [0.1, 0.15) is 17.4 Å². The van der Waals surface area contributed by atoms with Crippen LogP contribution in [0.15, 0.2) is 65.6 Å². The van der Waals surface area contributed by atoms with Gasteiger partial charge >= 0.3 is 0 Å². The average molecular weight is 476 g/mol. The summed E-state index contributed by atoms with van der Waals surface area (Å²) in [5, 5.41) is 0.706. The molecular formula is C26H26ClN5O2. The minimum absolute atomic E-state index is 0.0178. The second kappa shape index (κ2) is 9.81. The first kappa shape index (κ1) is 22.3. The first-order valence-electron chi connectivity index (χ1n) is 11.6. The van der Waals surface area contributed by atoms with Crippen LogP contribution in [0.1, 0.15) is 59.1 Å². The van der Waals surface area contributed by atoms with Gasteiger partial charge in [-0.2, -0.15) is 0 Å². The number of likely N-dealkylation sites (tertiary alicyclic amines) is 1. The van der Waals surface area contributed by atoms with E-state index in [2.05, 4.69) is 21.9 Å². The van der Waals surface area contributed by atoms with Gasteiger partial charge in [-0.1, -0.05) is 30.7 Å². The van der Waals surface area contributed by atoms with Crippen LogP contribution in [0.25, 0.3) is 5.82 Å². The van der Waals surface area contributed by atoms with Gasteiger partial charge in [0.05, 0.1) is 17.7 Å². The Kier molecular flexibility index (Phi) is 6.45. The molecule has 174 valence electrons. The summed E-state index contributed by atoms with van der Waals surface area (Å²) in [5.41, 5.74) is 1.66. The molecule has 4 heterocycles. The van der Waals surface area contributed by atoms with Crippen molar-refractivity contribution in [2.24, 2.45) is 0 Å². The lowest BCUT2D eigenvalue weighted by atomic mass is 9.97. The number of piperidine rings is 1. The van der Waals surface area contributed by atoms with E-state index in [1.807, 2.05) is 52.1 Å². The van der Waals surface area contributed by atoms with Gasteiger partial charge in [-0.05, 0) is 42.7 Å². The van der Waals surface area contributed by atoms with Gasteiger partial charge in [-0.15, -0.1) is 0 Å². The number of aryl methyl sites for hydroxylation is 1. The molecule has 1 aromatic carbocycles. The molecule has 34 heavy (non-hydrogen) atoms. The highest BCUT2D eigenvalue weighted by molar-refractivity contribution is 6.30. The number of amides is 1. The van der Waals surface area contributed by atoms with Gasteiger partial charge in [0.25, 0.3) is 5.91 Å². The summed E-state index contributed by atoms with van der Waals surface area (Å²) in [6.45, 7) is 3.35. The quantitative estimate of drug-likeness (QED) is 0.388. The van der Waals surface area contributed by atoms with E-state index in [-0.39, 0.29) is 11.8 Å². The molecule has 8 heteroatoms. The number of carbonyl (C=O) groups excluding carboxylic acids is 1. The van der Waals surface area contributed by atoms with Crippen molar-refractivity contribution in [2.45, 2.75) is 38.5 Å². The number of hydrogen-bond acceptors (Lipinski definition) is 5. The van der Waals surface area contributed by atoms with Crippen LogP contribution in [0.3, 0.4) is 0 Å². The van der Waals surface area contributed by atoms with Crippen molar-refractivity contribution in [1.29, 1.82) is 0 Å². The molecule has 0 bridgehead atoms. The zero-order chi connectivity index (χ0) is 23.5. The zero-order valence-electron chi connectivity index (χ0n) is 19.0. The topological polar surface area (TPSA) is 77.0 Å². The van der Waals surface area contributed by atoms with Crippen LogP contribution >= 0.6 is 11.6 Å². The first-order chi connectivity index (χ1) is 16.6. The lowest BCUT2D eigenvalue weighted by molar-refractivity contribution is 0.0697. The maximum Gasteiger partial charge on any atom is 0.255 e. The third-order valence-electron chi connectivity index (χ3n) is 6.17. The molecule has 0 radical (unpaired) electrons. The highest BCUT2D eigenvalue weighted by Gasteiger charge is 2.28. The molecule has 0 N–H and O–H groups in total. The molecule has 1 aliphatic rings. The average Bonchev–Trinajstić information content (AvgIpc) is 3.53. The van der Waals surface area contributed by atoms with Crippen molar-refractivity contribution in [3.63, 3.8) is 0 Å². The van der Waals surface area contributed by atoms with Crippen LogP contribution in [-0.2, 0) is 12.8 Å². The molecule has 0 spiro atoms. The minimum atomic E-state index is -0.0178. The molecule has 0 unspecified atom stereocenters. The van der Waals surface area contributed by atoms with Gasteiger partial charge in [0.15, 0.2) is 5.89 Å². The Morgan fingerprint density at radius 3 is 2.88 bits per heavy atom. The lowest BCUT2D eigenvalue weighted by Crippen LogP contribution is -2.39. The van der Waals surface area contributed by atoms with E-state index >= 15 is 0 Å². The Balaban J connectivity index is 1.25. The molecule has 7 nitrogen and oxygen atoms in total. The summed E-state index contributed by atoms with van der Waals surface area (Å²) >= 11 is 6.09. The van der Waals surface area contributed by atoms with Crippen molar-refractivity contribution in [1.82, 2.24) is 24.4 Å². The van der Waals surface area contributed by atoms with E-state index in [0.717, 1.165) is 42.2 Å². The van der Waals surface area contributed by atoms with Gasteiger partial charge in [-0.3, -0.25) is 9.36 Å². The van der Waals surface area contributed by atoms with Crippen LogP contribution in [0.4, 0.5) is 0 Å². The standard InChI is InChI=1S/C26H26ClN5O2/c1-2-23-28-10-12-32(23)24-9-8-19(15-29-24)26(33)31-11-4-6-20(17-31)25-30-16-22(34-25)14-18-5-3-7-21(27)13-18/h3,5,7-10,12-13,15-16,20H,2,4,6,11,14,17H2,1H3/t20-/m1/s1. The number of oxazole rings is 1.